The number of nitrogens with two attached hydrogens (primary N) is 1. The van der Waals surface area contributed by atoms with Crippen LogP contribution in [0.5, 0.6) is 5.75 Å². The number of hydrogen-bond acceptors (Lipinski definition) is 4. The molecule has 7 nitrogen and oxygen atoms in total. The van der Waals surface area contributed by atoms with E-state index in [1.165, 1.54) is 0 Å². The average Bonchev–Trinajstić information content (AvgIpc) is 3.03. The van der Waals surface area contributed by atoms with Crippen LogP contribution in [0.1, 0.15) is 16.8 Å². The normalized spacial score (nSPS) is 10.2. The molecule has 0 fully saturated rings. The number of carbonyl (C=O) groups excluding carboxylic acids is 2. The van der Waals surface area contributed by atoms with E-state index in [2.05, 4.69) is 10.3 Å². The number of nitrogens with zero attached hydrogens (tertiary/aromatic N) is 2. The molecule has 0 aliphatic carbocycles. The van der Waals surface area contributed by atoms with Gasteiger partial charge in [-0.25, -0.2) is 4.98 Å². The second-order valence-electron chi connectivity index (χ2n) is 4.68. The first-order valence-corrected chi connectivity index (χ1v) is 6.90. The van der Waals surface area contributed by atoms with Crippen molar-refractivity contribution < 1.29 is 14.3 Å². The Balaban J connectivity index is 1.63. The molecule has 0 bridgehead atoms. The van der Waals surface area contributed by atoms with Gasteiger partial charge in [-0.05, 0) is 30.7 Å². The van der Waals surface area contributed by atoms with Gasteiger partial charge in [0, 0.05) is 31.0 Å². The van der Waals surface area contributed by atoms with Gasteiger partial charge in [-0.15, -0.1) is 0 Å². The number of aryl methyl sites for hydroxylation is 1. The number of hydrogen-bond donors (Lipinski definition) is 2. The Kier molecular flexibility index (Phi) is 5.53. The molecule has 1 heterocycles. The van der Waals surface area contributed by atoms with Crippen LogP contribution in [0.4, 0.5) is 0 Å². The number of benzene rings is 1. The fourth-order valence-corrected chi connectivity index (χ4v) is 1.82. The summed E-state index contributed by atoms with van der Waals surface area (Å²) in [6.45, 7) is 1.30. The molecule has 0 saturated heterocycles. The number of primary amides is 1. The molecule has 1 aromatic carbocycles. The molecule has 2 aromatic rings. The summed E-state index contributed by atoms with van der Waals surface area (Å²) >= 11 is 0. The summed E-state index contributed by atoms with van der Waals surface area (Å²) < 4.78 is 7.27. The fourth-order valence-electron chi connectivity index (χ4n) is 1.82. The number of carbonyl (C=O) groups is 2. The summed E-state index contributed by atoms with van der Waals surface area (Å²) in [5.41, 5.74) is 5.54. The third-order valence-corrected chi connectivity index (χ3v) is 2.98. The van der Waals surface area contributed by atoms with E-state index in [0.29, 0.717) is 17.9 Å². The maximum absolute atomic E-state index is 11.6. The van der Waals surface area contributed by atoms with Gasteiger partial charge in [0.15, 0.2) is 6.61 Å². The topological polar surface area (TPSA) is 99.2 Å². The van der Waals surface area contributed by atoms with Crippen molar-refractivity contribution in [2.45, 2.75) is 13.0 Å². The molecule has 2 amide bonds. The van der Waals surface area contributed by atoms with Crippen LogP contribution in [-0.4, -0.2) is 34.5 Å². The number of aromatic nitrogens is 2. The highest BCUT2D eigenvalue weighted by atomic mass is 16.5. The lowest BCUT2D eigenvalue weighted by atomic mass is 10.2. The number of rotatable bonds is 8. The van der Waals surface area contributed by atoms with Crippen LogP contribution in [0.3, 0.4) is 0 Å². The van der Waals surface area contributed by atoms with Gasteiger partial charge in [-0.3, -0.25) is 9.59 Å². The van der Waals surface area contributed by atoms with Gasteiger partial charge >= 0.3 is 0 Å². The molecule has 0 radical (unpaired) electrons. The van der Waals surface area contributed by atoms with E-state index in [9.17, 15) is 9.59 Å². The van der Waals surface area contributed by atoms with Crippen LogP contribution in [0.2, 0.25) is 0 Å². The molecule has 0 unspecified atom stereocenters. The average molecular weight is 302 g/mol. The first-order valence-electron chi connectivity index (χ1n) is 6.90. The lowest BCUT2D eigenvalue weighted by molar-refractivity contribution is -0.123. The SMILES string of the molecule is NC(=O)c1ccc(OCC(=O)NCCCn2ccnc2)cc1. The number of imidazole rings is 1. The molecular weight excluding hydrogens is 284 g/mol. The third-order valence-electron chi connectivity index (χ3n) is 2.98. The van der Waals surface area contributed by atoms with Gasteiger partial charge in [0.1, 0.15) is 5.75 Å². The summed E-state index contributed by atoms with van der Waals surface area (Å²) in [4.78, 5) is 26.5. The maximum atomic E-state index is 11.6. The van der Waals surface area contributed by atoms with E-state index in [1.807, 2.05) is 10.8 Å². The van der Waals surface area contributed by atoms with Crippen molar-refractivity contribution in [1.82, 2.24) is 14.9 Å². The van der Waals surface area contributed by atoms with Gasteiger partial charge in [-0.2, -0.15) is 0 Å². The zero-order chi connectivity index (χ0) is 15.8. The number of nitrogens with one attached hydrogen (secondary N) is 1. The molecular formula is C15H18N4O3. The molecule has 2 rings (SSSR count). The fraction of sp³-hybridized carbons (Fsp3) is 0.267. The van der Waals surface area contributed by atoms with Gasteiger partial charge < -0.3 is 20.4 Å². The van der Waals surface area contributed by atoms with Crippen molar-refractivity contribution in [3.63, 3.8) is 0 Å². The number of amides is 2. The molecule has 0 atom stereocenters. The Labute approximate surface area is 128 Å². The highest BCUT2D eigenvalue weighted by molar-refractivity contribution is 5.92. The van der Waals surface area contributed by atoms with Crippen LogP contribution in [0, 0.1) is 0 Å². The van der Waals surface area contributed by atoms with Crippen molar-refractivity contribution in [3.05, 3.63) is 48.5 Å². The van der Waals surface area contributed by atoms with Crippen LogP contribution in [-0.2, 0) is 11.3 Å². The van der Waals surface area contributed by atoms with E-state index in [1.54, 1.807) is 36.8 Å². The first kappa shape index (κ1) is 15.6. The zero-order valence-corrected chi connectivity index (χ0v) is 12.1. The van der Waals surface area contributed by atoms with E-state index in [0.717, 1.165) is 13.0 Å². The van der Waals surface area contributed by atoms with Crippen LogP contribution in [0.15, 0.2) is 43.0 Å². The van der Waals surface area contributed by atoms with Crippen LogP contribution < -0.4 is 15.8 Å². The summed E-state index contributed by atoms with van der Waals surface area (Å²) in [6.07, 6.45) is 6.15. The van der Waals surface area contributed by atoms with Crippen molar-refractivity contribution in [1.29, 1.82) is 0 Å². The molecule has 116 valence electrons. The largest absolute Gasteiger partial charge is 0.484 e. The second kappa shape index (κ2) is 7.82. The van der Waals surface area contributed by atoms with Crippen molar-refractivity contribution in [2.24, 2.45) is 5.73 Å². The Morgan fingerprint density at radius 1 is 1.27 bits per heavy atom. The highest BCUT2D eigenvalue weighted by Gasteiger charge is 2.04. The van der Waals surface area contributed by atoms with Gasteiger partial charge in [0.05, 0.1) is 6.33 Å². The molecule has 3 N–H and O–H groups in total. The van der Waals surface area contributed by atoms with Crippen molar-refractivity contribution >= 4 is 11.8 Å². The minimum atomic E-state index is -0.498. The minimum absolute atomic E-state index is 0.0685. The van der Waals surface area contributed by atoms with E-state index < -0.39 is 5.91 Å². The Morgan fingerprint density at radius 2 is 2.05 bits per heavy atom. The van der Waals surface area contributed by atoms with Gasteiger partial charge in [0.2, 0.25) is 5.91 Å². The lowest BCUT2D eigenvalue weighted by Gasteiger charge is -2.08. The molecule has 1 aromatic heterocycles. The van der Waals surface area contributed by atoms with E-state index in [-0.39, 0.29) is 12.5 Å². The summed E-state index contributed by atoms with van der Waals surface area (Å²) in [7, 11) is 0. The number of ether oxygens (including phenoxy) is 1. The minimum Gasteiger partial charge on any atom is -0.484 e. The van der Waals surface area contributed by atoms with Crippen molar-refractivity contribution in [2.75, 3.05) is 13.2 Å². The monoisotopic (exact) mass is 302 g/mol. The Hall–Kier alpha value is -2.83. The highest BCUT2D eigenvalue weighted by Crippen LogP contribution is 2.11. The predicted octanol–water partition coefficient (Wildman–Crippen LogP) is 0.567. The quantitative estimate of drug-likeness (QED) is 0.696. The molecule has 22 heavy (non-hydrogen) atoms. The standard InChI is InChI=1S/C15H18N4O3/c16-15(21)12-2-4-13(5-3-12)22-10-14(20)18-6-1-8-19-9-7-17-11-19/h2-5,7,9,11H,1,6,8,10H2,(H2,16,21)(H,18,20). The second-order valence-corrected chi connectivity index (χ2v) is 4.68. The molecule has 0 spiro atoms. The van der Waals surface area contributed by atoms with E-state index in [4.69, 9.17) is 10.5 Å². The van der Waals surface area contributed by atoms with Crippen LogP contribution >= 0.6 is 0 Å². The molecule has 0 aliphatic heterocycles. The Bertz CT molecular complexity index is 608. The van der Waals surface area contributed by atoms with Gasteiger partial charge in [-0.1, -0.05) is 0 Å². The summed E-state index contributed by atoms with van der Waals surface area (Å²) in [5, 5.41) is 2.77. The molecule has 0 aliphatic rings. The van der Waals surface area contributed by atoms with E-state index >= 15 is 0 Å². The maximum Gasteiger partial charge on any atom is 0.257 e. The lowest BCUT2D eigenvalue weighted by Crippen LogP contribution is -2.30. The zero-order valence-electron chi connectivity index (χ0n) is 12.1. The first-order chi connectivity index (χ1) is 10.6. The van der Waals surface area contributed by atoms with Crippen LogP contribution in [0.25, 0.3) is 0 Å². The molecule has 7 heteroatoms. The van der Waals surface area contributed by atoms with Crippen molar-refractivity contribution in [3.8, 4) is 5.75 Å². The summed E-state index contributed by atoms with van der Waals surface area (Å²) in [5.74, 6) is -0.176. The Morgan fingerprint density at radius 3 is 2.68 bits per heavy atom. The predicted molar refractivity (Wildman–Crippen MR) is 80.3 cm³/mol. The van der Waals surface area contributed by atoms with Gasteiger partial charge in [0.25, 0.3) is 5.91 Å². The smallest absolute Gasteiger partial charge is 0.257 e. The summed E-state index contributed by atoms with van der Waals surface area (Å²) in [6, 6.07) is 6.32. The molecule has 0 saturated carbocycles. The third kappa shape index (κ3) is 4.93.